The number of carbonyl (C=O) groups is 1. The van der Waals surface area contributed by atoms with Gasteiger partial charge < -0.3 is 24.5 Å². The van der Waals surface area contributed by atoms with E-state index in [0.29, 0.717) is 36.2 Å². The fourth-order valence-electron chi connectivity index (χ4n) is 2.72. The second-order valence-electron chi connectivity index (χ2n) is 4.68. The fraction of sp³-hybridized carbons (Fsp3) is 0.500. The summed E-state index contributed by atoms with van der Waals surface area (Å²) in [6.07, 6.45) is 0.466. The average Bonchev–Trinajstić information content (AvgIpc) is 2.42. The minimum absolute atomic E-state index is 0.142. The van der Waals surface area contributed by atoms with Gasteiger partial charge in [0, 0.05) is 12.0 Å². The number of methoxy groups -OCH3 is 2. The Bertz CT molecular complexity index is 485. The molecule has 5 nitrogen and oxygen atoms in total. The van der Waals surface area contributed by atoms with Gasteiger partial charge in [0.25, 0.3) is 0 Å². The SMILES string of the molecule is COc1ccc2c(c1OC)CCC(O)C2(O)CC=O. The van der Waals surface area contributed by atoms with Crippen LogP contribution in [0.5, 0.6) is 11.5 Å². The quantitative estimate of drug-likeness (QED) is 0.788. The third kappa shape index (κ3) is 2.09. The second kappa shape index (κ2) is 5.19. The van der Waals surface area contributed by atoms with E-state index in [-0.39, 0.29) is 6.42 Å². The van der Waals surface area contributed by atoms with Gasteiger partial charge in [-0.2, -0.15) is 0 Å². The minimum atomic E-state index is -1.55. The third-order valence-corrected chi connectivity index (χ3v) is 3.73. The standard InChI is InChI=1S/C14H18O5/c1-18-11-5-4-10-9(13(11)19-2)3-6-12(16)14(10,17)7-8-15/h4-5,8,12,16-17H,3,6-7H2,1-2H3. The summed E-state index contributed by atoms with van der Waals surface area (Å²) in [6.45, 7) is 0. The summed E-state index contributed by atoms with van der Waals surface area (Å²) in [5, 5.41) is 20.6. The van der Waals surface area contributed by atoms with Crippen molar-refractivity contribution >= 4 is 6.29 Å². The van der Waals surface area contributed by atoms with Crippen LogP contribution in [0.25, 0.3) is 0 Å². The van der Waals surface area contributed by atoms with Crippen LogP contribution in [0.2, 0.25) is 0 Å². The highest BCUT2D eigenvalue weighted by atomic mass is 16.5. The van der Waals surface area contributed by atoms with Crippen LogP contribution in [-0.2, 0) is 16.8 Å². The van der Waals surface area contributed by atoms with E-state index < -0.39 is 11.7 Å². The van der Waals surface area contributed by atoms with Gasteiger partial charge in [-0.25, -0.2) is 0 Å². The van der Waals surface area contributed by atoms with Crippen molar-refractivity contribution in [1.29, 1.82) is 0 Å². The minimum Gasteiger partial charge on any atom is -0.493 e. The molecule has 0 heterocycles. The van der Waals surface area contributed by atoms with Crippen molar-refractivity contribution in [3.8, 4) is 11.5 Å². The van der Waals surface area contributed by atoms with Crippen molar-refractivity contribution in [1.82, 2.24) is 0 Å². The number of rotatable bonds is 4. The predicted molar refractivity (Wildman–Crippen MR) is 68.5 cm³/mol. The molecule has 2 atom stereocenters. The molecule has 1 aromatic carbocycles. The molecule has 2 N–H and O–H groups in total. The lowest BCUT2D eigenvalue weighted by molar-refractivity contribution is -0.125. The first-order chi connectivity index (χ1) is 9.08. The Balaban J connectivity index is 2.61. The molecule has 0 spiro atoms. The van der Waals surface area contributed by atoms with Gasteiger partial charge in [-0.3, -0.25) is 0 Å². The van der Waals surface area contributed by atoms with Gasteiger partial charge in [-0.05, 0) is 24.5 Å². The summed E-state index contributed by atoms with van der Waals surface area (Å²) >= 11 is 0. The van der Waals surface area contributed by atoms with E-state index in [0.717, 1.165) is 5.56 Å². The maximum absolute atomic E-state index is 10.8. The second-order valence-corrected chi connectivity index (χ2v) is 4.68. The van der Waals surface area contributed by atoms with E-state index in [2.05, 4.69) is 0 Å². The molecule has 0 fully saturated rings. The molecule has 0 amide bonds. The van der Waals surface area contributed by atoms with Crippen LogP contribution in [0.3, 0.4) is 0 Å². The molecule has 0 radical (unpaired) electrons. The summed E-state index contributed by atoms with van der Waals surface area (Å²) in [7, 11) is 3.07. The number of benzene rings is 1. The van der Waals surface area contributed by atoms with Crippen LogP contribution < -0.4 is 9.47 Å². The Hall–Kier alpha value is -1.59. The lowest BCUT2D eigenvalue weighted by atomic mass is 9.75. The summed E-state index contributed by atoms with van der Waals surface area (Å²) in [5.41, 5.74) is -0.220. The molecule has 0 saturated carbocycles. The molecule has 0 saturated heterocycles. The average molecular weight is 266 g/mol. The normalized spacial score (nSPS) is 25.6. The van der Waals surface area contributed by atoms with Crippen LogP contribution in [0, 0.1) is 0 Å². The lowest BCUT2D eigenvalue weighted by Gasteiger charge is -2.38. The molecular weight excluding hydrogens is 248 g/mol. The maximum atomic E-state index is 10.8. The number of aliphatic hydroxyl groups excluding tert-OH is 1. The lowest BCUT2D eigenvalue weighted by Crippen LogP contribution is -2.44. The summed E-state index contributed by atoms with van der Waals surface area (Å²) < 4.78 is 10.6. The highest BCUT2D eigenvalue weighted by Gasteiger charge is 2.43. The molecule has 0 bridgehead atoms. The molecule has 0 aliphatic heterocycles. The van der Waals surface area contributed by atoms with E-state index in [1.54, 1.807) is 19.2 Å². The molecule has 104 valence electrons. The van der Waals surface area contributed by atoms with Gasteiger partial charge in [-0.15, -0.1) is 0 Å². The molecule has 2 rings (SSSR count). The first kappa shape index (κ1) is 13.8. The Morgan fingerprint density at radius 1 is 1.42 bits per heavy atom. The van der Waals surface area contributed by atoms with Crippen molar-refractivity contribution < 1.29 is 24.5 Å². The molecule has 19 heavy (non-hydrogen) atoms. The van der Waals surface area contributed by atoms with Crippen LogP contribution in [-0.4, -0.2) is 36.8 Å². The summed E-state index contributed by atoms with van der Waals surface area (Å²) in [4.78, 5) is 10.8. The highest BCUT2D eigenvalue weighted by Crippen LogP contribution is 2.44. The number of carbonyl (C=O) groups excluding carboxylic acids is 1. The first-order valence-corrected chi connectivity index (χ1v) is 6.17. The van der Waals surface area contributed by atoms with E-state index in [9.17, 15) is 15.0 Å². The number of hydrogen-bond donors (Lipinski definition) is 2. The molecule has 0 aromatic heterocycles. The highest BCUT2D eigenvalue weighted by molar-refractivity contribution is 5.58. The Labute approximate surface area is 111 Å². The topological polar surface area (TPSA) is 76.0 Å². The van der Waals surface area contributed by atoms with Gasteiger partial charge in [0.15, 0.2) is 11.5 Å². The molecule has 1 aliphatic rings. The maximum Gasteiger partial charge on any atom is 0.164 e. The molecule has 1 aromatic rings. The van der Waals surface area contributed by atoms with Crippen molar-refractivity contribution in [2.45, 2.75) is 31.0 Å². The zero-order valence-electron chi connectivity index (χ0n) is 11.0. The smallest absolute Gasteiger partial charge is 0.164 e. The number of aldehydes is 1. The van der Waals surface area contributed by atoms with E-state index in [1.165, 1.54) is 7.11 Å². The first-order valence-electron chi connectivity index (χ1n) is 6.17. The zero-order chi connectivity index (χ0) is 14.0. The molecular formula is C14H18O5. The van der Waals surface area contributed by atoms with Crippen molar-refractivity contribution in [2.24, 2.45) is 0 Å². The van der Waals surface area contributed by atoms with Crippen molar-refractivity contribution in [3.05, 3.63) is 23.3 Å². The number of aliphatic hydroxyl groups is 2. The summed E-state index contributed by atoms with van der Waals surface area (Å²) in [6, 6.07) is 3.36. The fourth-order valence-corrected chi connectivity index (χ4v) is 2.72. The number of ether oxygens (including phenoxy) is 2. The largest absolute Gasteiger partial charge is 0.493 e. The summed E-state index contributed by atoms with van der Waals surface area (Å²) in [5.74, 6) is 1.13. The zero-order valence-corrected chi connectivity index (χ0v) is 11.0. The van der Waals surface area contributed by atoms with Gasteiger partial charge in [0.05, 0.1) is 20.3 Å². The van der Waals surface area contributed by atoms with Crippen molar-refractivity contribution in [3.63, 3.8) is 0 Å². The molecule has 1 aliphatic carbocycles. The Morgan fingerprint density at radius 2 is 2.16 bits per heavy atom. The Kier molecular flexibility index (Phi) is 3.78. The van der Waals surface area contributed by atoms with Gasteiger partial charge in [0.2, 0.25) is 0 Å². The van der Waals surface area contributed by atoms with Crippen molar-refractivity contribution in [2.75, 3.05) is 14.2 Å². The van der Waals surface area contributed by atoms with Gasteiger partial charge >= 0.3 is 0 Å². The van der Waals surface area contributed by atoms with E-state index in [4.69, 9.17) is 9.47 Å². The molecule has 5 heteroatoms. The van der Waals surface area contributed by atoms with Crippen LogP contribution >= 0.6 is 0 Å². The van der Waals surface area contributed by atoms with E-state index >= 15 is 0 Å². The number of fused-ring (bicyclic) bond motifs is 1. The van der Waals surface area contributed by atoms with Gasteiger partial charge in [-0.1, -0.05) is 6.07 Å². The monoisotopic (exact) mass is 266 g/mol. The number of hydrogen-bond acceptors (Lipinski definition) is 5. The van der Waals surface area contributed by atoms with Crippen LogP contribution in [0.4, 0.5) is 0 Å². The Morgan fingerprint density at radius 3 is 2.74 bits per heavy atom. The van der Waals surface area contributed by atoms with E-state index in [1.807, 2.05) is 0 Å². The predicted octanol–water partition coefficient (Wildman–Crippen LogP) is 0.787. The molecule has 2 unspecified atom stereocenters. The third-order valence-electron chi connectivity index (χ3n) is 3.73. The van der Waals surface area contributed by atoms with Crippen LogP contribution in [0.15, 0.2) is 12.1 Å². The van der Waals surface area contributed by atoms with Crippen LogP contribution in [0.1, 0.15) is 24.0 Å². The van der Waals surface area contributed by atoms with Gasteiger partial charge in [0.1, 0.15) is 11.9 Å².